The molecular weight excluding hydrogens is 415 g/mol. The lowest BCUT2D eigenvalue weighted by atomic mass is 10.0. The molecule has 27 heavy (non-hydrogen) atoms. The smallest absolute Gasteiger partial charge is 0.162 e. The maximum atomic E-state index is 13.4. The topological polar surface area (TPSA) is 94.5 Å². The maximum Gasteiger partial charge on any atom is 0.162 e. The molecule has 138 valence electrons. The van der Waals surface area contributed by atoms with Gasteiger partial charge in [-0.2, -0.15) is 0 Å². The van der Waals surface area contributed by atoms with E-state index in [1.807, 2.05) is 35.8 Å². The van der Waals surface area contributed by atoms with Crippen LogP contribution in [0.15, 0.2) is 68.8 Å². The van der Waals surface area contributed by atoms with Crippen LogP contribution in [-0.2, 0) is 12.8 Å². The van der Waals surface area contributed by atoms with Gasteiger partial charge in [-0.15, -0.1) is 0 Å². The SMILES string of the molecule is N=C(Cc1ccccc1)Cc1nocc1C(=Nc1ccc(F)c(Br)c1)NO. The molecule has 0 saturated heterocycles. The van der Waals surface area contributed by atoms with Crippen molar-refractivity contribution >= 4 is 33.2 Å². The van der Waals surface area contributed by atoms with Crippen LogP contribution in [0.5, 0.6) is 0 Å². The van der Waals surface area contributed by atoms with Crippen LogP contribution < -0.4 is 5.48 Å². The largest absolute Gasteiger partial charge is 0.364 e. The highest BCUT2D eigenvalue weighted by Gasteiger charge is 2.16. The molecule has 1 aromatic heterocycles. The van der Waals surface area contributed by atoms with Gasteiger partial charge >= 0.3 is 0 Å². The Morgan fingerprint density at radius 1 is 1.22 bits per heavy atom. The molecular formula is C19H16BrFN4O2. The summed E-state index contributed by atoms with van der Waals surface area (Å²) in [5, 5.41) is 21.6. The van der Waals surface area contributed by atoms with Crippen LogP contribution >= 0.6 is 15.9 Å². The first-order valence-corrected chi connectivity index (χ1v) is 8.84. The quantitative estimate of drug-likeness (QED) is 0.306. The number of aliphatic imine (C=N–C) groups is 1. The van der Waals surface area contributed by atoms with Gasteiger partial charge in [-0.1, -0.05) is 35.5 Å². The molecule has 0 aliphatic heterocycles. The number of benzene rings is 2. The van der Waals surface area contributed by atoms with Gasteiger partial charge in [0.1, 0.15) is 17.8 Å². The van der Waals surface area contributed by atoms with Crippen molar-refractivity contribution < 1.29 is 14.1 Å². The number of hydrogen-bond acceptors (Lipinski definition) is 5. The van der Waals surface area contributed by atoms with Crippen LogP contribution in [0.4, 0.5) is 10.1 Å². The molecule has 0 aliphatic rings. The van der Waals surface area contributed by atoms with E-state index < -0.39 is 5.82 Å². The van der Waals surface area contributed by atoms with Gasteiger partial charge in [-0.25, -0.2) is 9.38 Å². The minimum absolute atomic E-state index is 0.0947. The van der Waals surface area contributed by atoms with Gasteiger partial charge in [-0.3, -0.25) is 10.7 Å². The molecule has 1 heterocycles. The lowest BCUT2D eigenvalue weighted by Gasteiger charge is -2.06. The average Bonchev–Trinajstić information content (AvgIpc) is 3.11. The van der Waals surface area contributed by atoms with Crippen molar-refractivity contribution in [3.8, 4) is 0 Å². The van der Waals surface area contributed by atoms with Crippen molar-refractivity contribution in [1.82, 2.24) is 10.6 Å². The van der Waals surface area contributed by atoms with Gasteiger partial charge < -0.3 is 9.93 Å². The molecule has 3 rings (SSSR count). The van der Waals surface area contributed by atoms with E-state index in [9.17, 15) is 9.60 Å². The van der Waals surface area contributed by atoms with E-state index in [1.165, 1.54) is 24.5 Å². The third-order valence-corrected chi connectivity index (χ3v) is 4.40. The van der Waals surface area contributed by atoms with Crippen molar-refractivity contribution in [3.05, 3.63) is 81.9 Å². The average molecular weight is 431 g/mol. The van der Waals surface area contributed by atoms with E-state index in [1.54, 1.807) is 0 Å². The predicted molar refractivity (Wildman–Crippen MR) is 103 cm³/mol. The number of hydroxylamine groups is 1. The zero-order valence-electron chi connectivity index (χ0n) is 14.1. The molecule has 0 radical (unpaired) electrons. The summed E-state index contributed by atoms with van der Waals surface area (Å²) in [4.78, 5) is 4.26. The second-order valence-corrected chi connectivity index (χ2v) is 6.64. The van der Waals surface area contributed by atoms with Gasteiger partial charge in [0.25, 0.3) is 0 Å². The summed E-state index contributed by atoms with van der Waals surface area (Å²) in [6, 6.07) is 13.9. The van der Waals surface area contributed by atoms with E-state index >= 15 is 0 Å². The van der Waals surface area contributed by atoms with Crippen LogP contribution in [0.1, 0.15) is 16.8 Å². The Labute approximate surface area is 163 Å². The Morgan fingerprint density at radius 2 is 2.00 bits per heavy atom. The van der Waals surface area contributed by atoms with Crippen LogP contribution in [0.3, 0.4) is 0 Å². The summed E-state index contributed by atoms with van der Waals surface area (Å²) < 4.78 is 18.6. The van der Waals surface area contributed by atoms with Crippen molar-refractivity contribution in [2.45, 2.75) is 12.8 Å². The fourth-order valence-corrected chi connectivity index (χ4v) is 2.88. The van der Waals surface area contributed by atoms with Crippen molar-refractivity contribution in [3.63, 3.8) is 0 Å². The number of aromatic nitrogens is 1. The molecule has 8 heteroatoms. The molecule has 0 bridgehead atoms. The Balaban J connectivity index is 1.80. The van der Waals surface area contributed by atoms with Gasteiger partial charge in [0.2, 0.25) is 0 Å². The fourth-order valence-electron chi connectivity index (χ4n) is 2.52. The molecule has 6 nitrogen and oxygen atoms in total. The highest BCUT2D eigenvalue weighted by Crippen LogP contribution is 2.23. The third-order valence-electron chi connectivity index (χ3n) is 3.79. The van der Waals surface area contributed by atoms with Crippen LogP contribution in [0.2, 0.25) is 0 Å². The van der Waals surface area contributed by atoms with Gasteiger partial charge in [0.05, 0.1) is 15.7 Å². The minimum atomic E-state index is -0.410. The first-order chi connectivity index (χ1) is 13.1. The third kappa shape index (κ3) is 4.87. The number of hydrogen-bond donors (Lipinski definition) is 3. The first kappa shape index (κ1) is 18.9. The van der Waals surface area contributed by atoms with E-state index in [2.05, 4.69) is 26.1 Å². The molecule has 0 amide bonds. The monoisotopic (exact) mass is 430 g/mol. The molecule has 0 saturated carbocycles. The second-order valence-electron chi connectivity index (χ2n) is 5.79. The number of halogens is 2. The molecule has 0 spiro atoms. The Hall–Kier alpha value is -2.84. The molecule has 2 aromatic carbocycles. The van der Waals surface area contributed by atoms with E-state index in [-0.39, 0.29) is 16.7 Å². The van der Waals surface area contributed by atoms with Crippen molar-refractivity contribution in [2.24, 2.45) is 4.99 Å². The van der Waals surface area contributed by atoms with Gasteiger partial charge in [-0.05, 0) is 39.7 Å². The second kappa shape index (κ2) is 8.70. The van der Waals surface area contributed by atoms with E-state index in [4.69, 9.17) is 9.93 Å². The highest BCUT2D eigenvalue weighted by molar-refractivity contribution is 9.10. The standard InChI is InChI=1S/C19H16BrFN4O2/c20-16-10-14(6-7-17(16)21)23-19(24-26)15-11-27-25-18(15)9-13(22)8-12-4-2-1-3-5-12/h1-7,10-11,22,26H,8-9H2,(H,23,24). The normalized spacial score (nSPS) is 11.4. The highest BCUT2D eigenvalue weighted by atomic mass is 79.9. The van der Waals surface area contributed by atoms with Crippen molar-refractivity contribution in [1.29, 1.82) is 5.41 Å². The lowest BCUT2D eigenvalue weighted by molar-refractivity contribution is 0.235. The zero-order chi connectivity index (χ0) is 19.2. The lowest BCUT2D eigenvalue weighted by Crippen LogP contribution is -2.21. The van der Waals surface area contributed by atoms with Crippen LogP contribution in [-0.4, -0.2) is 21.9 Å². The predicted octanol–water partition coefficient (Wildman–Crippen LogP) is 4.44. The summed E-state index contributed by atoms with van der Waals surface area (Å²) >= 11 is 3.10. The summed E-state index contributed by atoms with van der Waals surface area (Å²) in [5.74, 6) is -0.315. The summed E-state index contributed by atoms with van der Waals surface area (Å²) in [6.07, 6.45) is 2.07. The summed E-state index contributed by atoms with van der Waals surface area (Å²) in [6.45, 7) is 0. The van der Waals surface area contributed by atoms with Gasteiger partial charge in [0, 0.05) is 18.6 Å². The molecule has 0 fully saturated rings. The minimum Gasteiger partial charge on any atom is -0.364 e. The Kier molecular flexibility index (Phi) is 6.10. The number of nitrogens with one attached hydrogen (secondary N) is 2. The number of rotatable bonds is 6. The zero-order valence-corrected chi connectivity index (χ0v) is 15.7. The van der Waals surface area contributed by atoms with Crippen LogP contribution in [0.25, 0.3) is 0 Å². The Bertz CT molecular complexity index is 973. The molecule has 3 N–H and O–H groups in total. The summed E-state index contributed by atoms with van der Waals surface area (Å²) in [7, 11) is 0. The van der Waals surface area contributed by atoms with E-state index in [0.29, 0.717) is 29.1 Å². The molecule has 0 atom stereocenters. The van der Waals surface area contributed by atoms with Crippen LogP contribution in [0, 0.1) is 11.2 Å². The molecule has 0 unspecified atom stereocenters. The molecule has 0 aliphatic carbocycles. The van der Waals surface area contributed by atoms with E-state index in [0.717, 1.165) is 5.56 Å². The number of amidine groups is 1. The Morgan fingerprint density at radius 3 is 2.70 bits per heavy atom. The fraction of sp³-hybridized carbons (Fsp3) is 0.105. The summed E-state index contributed by atoms with van der Waals surface area (Å²) in [5.41, 5.74) is 4.81. The number of nitrogens with zero attached hydrogens (tertiary/aromatic N) is 2. The van der Waals surface area contributed by atoms with Crippen molar-refractivity contribution in [2.75, 3.05) is 0 Å². The first-order valence-electron chi connectivity index (χ1n) is 8.04. The molecule has 3 aromatic rings. The van der Waals surface area contributed by atoms with Gasteiger partial charge in [0.15, 0.2) is 5.84 Å². The maximum absolute atomic E-state index is 13.4.